The Hall–Kier alpha value is -2.35. The van der Waals surface area contributed by atoms with E-state index in [9.17, 15) is 8.42 Å². The zero-order chi connectivity index (χ0) is 21.1. The summed E-state index contributed by atoms with van der Waals surface area (Å²) >= 11 is 0. The molecule has 0 bridgehead atoms. The molecule has 31 heavy (non-hydrogen) atoms. The topological polar surface area (TPSA) is 76.0 Å². The maximum Gasteiger partial charge on any atom is 0.261 e. The van der Waals surface area contributed by atoms with Gasteiger partial charge in [-0.05, 0) is 73.2 Å². The zero-order valence-electron chi connectivity index (χ0n) is 17.8. The van der Waals surface area contributed by atoms with Crippen molar-refractivity contribution in [2.24, 2.45) is 7.05 Å². The fraction of sp³-hybridized carbons (Fsp3) is 0.348. The molecule has 2 N–H and O–H groups in total. The van der Waals surface area contributed by atoms with Crippen molar-refractivity contribution in [1.82, 2.24) is 15.1 Å². The Balaban J connectivity index is 0.00000272. The fourth-order valence-corrected chi connectivity index (χ4v) is 5.00. The molecule has 0 radical (unpaired) electrons. The number of nitrogens with zero attached hydrogens (tertiary/aromatic N) is 2. The maximum absolute atomic E-state index is 12.9. The van der Waals surface area contributed by atoms with Crippen LogP contribution in [0.3, 0.4) is 0 Å². The van der Waals surface area contributed by atoms with E-state index in [2.05, 4.69) is 28.1 Å². The van der Waals surface area contributed by atoms with Gasteiger partial charge in [-0.25, -0.2) is 8.42 Å². The van der Waals surface area contributed by atoms with Crippen molar-refractivity contribution in [1.29, 1.82) is 0 Å². The molecule has 0 amide bonds. The Labute approximate surface area is 190 Å². The van der Waals surface area contributed by atoms with Gasteiger partial charge in [-0.2, -0.15) is 5.10 Å². The highest BCUT2D eigenvalue weighted by Crippen LogP contribution is 2.27. The number of sulfonamides is 1. The van der Waals surface area contributed by atoms with Gasteiger partial charge < -0.3 is 5.32 Å². The van der Waals surface area contributed by atoms with Crippen molar-refractivity contribution in [2.45, 2.75) is 43.5 Å². The Morgan fingerprint density at radius 2 is 1.87 bits per heavy atom. The van der Waals surface area contributed by atoms with Crippen molar-refractivity contribution in [2.75, 3.05) is 11.3 Å². The summed E-state index contributed by atoms with van der Waals surface area (Å²) in [5.41, 5.74) is 5.04. The number of fused-ring (bicyclic) bond motifs is 1. The molecule has 6 nitrogen and oxygen atoms in total. The number of hydrogen-bond donors (Lipinski definition) is 2. The van der Waals surface area contributed by atoms with E-state index in [4.69, 9.17) is 0 Å². The predicted octanol–water partition coefficient (Wildman–Crippen LogP) is 4.17. The smallest absolute Gasteiger partial charge is 0.261 e. The molecule has 0 unspecified atom stereocenters. The molecule has 4 rings (SSSR count). The molecule has 3 aromatic rings. The van der Waals surface area contributed by atoms with Gasteiger partial charge in [0.2, 0.25) is 0 Å². The van der Waals surface area contributed by atoms with Gasteiger partial charge in [-0.3, -0.25) is 9.40 Å². The number of aryl methyl sites for hydroxylation is 2. The number of halogens is 1. The molecule has 8 heteroatoms. The summed E-state index contributed by atoms with van der Waals surface area (Å²) in [4.78, 5) is 0.247. The van der Waals surface area contributed by atoms with E-state index in [1.807, 2.05) is 37.5 Å². The van der Waals surface area contributed by atoms with Gasteiger partial charge in [-0.15, -0.1) is 12.4 Å². The second-order valence-corrected chi connectivity index (χ2v) is 9.59. The molecular weight excluding hydrogens is 432 g/mol. The quantitative estimate of drug-likeness (QED) is 0.555. The number of aromatic nitrogens is 2. The first kappa shape index (κ1) is 23.3. The summed E-state index contributed by atoms with van der Waals surface area (Å²) in [6, 6.07) is 13.3. The fourth-order valence-electron chi connectivity index (χ4n) is 3.95. The number of nitrogens with one attached hydrogen (secondary N) is 2. The Bertz CT molecular complexity index is 1130. The average molecular weight is 461 g/mol. The molecule has 0 aliphatic heterocycles. The number of hydrogen-bond acceptors (Lipinski definition) is 4. The number of benzene rings is 2. The van der Waals surface area contributed by atoms with Crippen LogP contribution in [-0.4, -0.2) is 30.8 Å². The second-order valence-electron chi connectivity index (χ2n) is 7.91. The van der Waals surface area contributed by atoms with Crippen molar-refractivity contribution in [3.05, 3.63) is 66.0 Å². The van der Waals surface area contributed by atoms with Gasteiger partial charge in [0.25, 0.3) is 10.0 Å². The average Bonchev–Trinajstić information content (AvgIpc) is 3.18. The second kappa shape index (κ2) is 9.85. The van der Waals surface area contributed by atoms with E-state index in [1.54, 1.807) is 23.0 Å². The Kier molecular flexibility index (Phi) is 7.41. The highest BCUT2D eigenvalue weighted by Gasteiger charge is 2.20. The van der Waals surface area contributed by atoms with Crippen LogP contribution in [-0.2, 0) is 29.9 Å². The lowest BCUT2D eigenvalue weighted by Gasteiger charge is -2.26. The summed E-state index contributed by atoms with van der Waals surface area (Å²) in [6.45, 7) is 3.21. The highest BCUT2D eigenvalue weighted by atomic mass is 35.5. The van der Waals surface area contributed by atoms with Crippen LogP contribution in [0.5, 0.6) is 0 Å². The summed E-state index contributed by atoms with van der Waals surface area (Å²) in [6.07, 6.45) is 7.84. The lowest BCUT2D eigenvalue weighted by Crippen LogP contribution is -2.35. The van der Waals surface area contributed by atoms with Crippen LogP contribution in [0.15, 0.2) is 59.8 Å². The van der Waals surface area contributed by atoms with Crippen LogP contribution in [0, 0.1) is 0 Å². The minimum atomic E-state index is -3.64. The number of rotatable bonds is 7. The van der Waals surface area contributed by atoms with Crippen molar-refractivity contribution in [3.8, 4) is 11.1 Å². The monoisotopic (exact) mass is 460 g/mol. The molecule has 0 spiro atoms. The molecule has 0 saturated heterocycles. The van der Waals surface area contributed by atoms with Gasteiger partial charge in [0.1, 0.15) is 0 Å². The van der Waals surface area contributed by atoms with E-state index in [-0.39, 0.29) is 17.3 Å². The maximum atomic E-state index is 12.9. The standard InChI is InChI=1S/C23H28N4O2S.ClH/c1-3-12-24-21-8-4-19-14-22(9-5-18(19)13-21)26-30(28,29)23-10-6-17(7-11-23)20-15-25-27(2)16-20;/h5-7,9-11,14-16,21,24,26H,3-4,8,12-13H2,1-2H3;1H/t21-;/m0./s1. The first-order chi connectivity index (χ1) is 14.4. The summed E-state index contributed by atoms with van der Waals surface area (Å²) in [7, 11) is -1.79. The third-order valence-corrected chi connectivity index (χ3v) is 6.97. The molecule has 1 atom stereocenters. The zero-order valence-corrected chi connectivity index (χ0v) is 19.5. The molecular formula is C23H29ClN4O2S. The summed E-state index contributed by atoms with van der Waals surface area (Å²) in [5, 5.41) is 7.74. The van der Waals surface area contributed by atoms with Crippen molar-refractivity contribution < 1.29 is 8.42 Å². The van der Waals surface area contributed by atoms with Gasteiger partial charge >= 0.3 is 0 Å². The molecule has 166 valence electrons. The first-order valence-corrected chi connectivity index (χ1v) is 11.9. The van der Waals surface area contributed by atoms with Crippen LogP contribution in [0.4, 0.5) is 5.69 Å². The predicted molar refractivity (Wildman–Crippen MR) is 127 cm³/mol. The van der Waals surface area contributed by atoms with E-state index in [0.717, 1.165) is 43.4 Å². The number of anilines is 1. The van der Waals surface area contributed by atoms with Crippen LogP contribution in [0.25, 0.3) is 11.1 Å². The van der Waals surface area contributed by atoms with E-state index in [1.165, 1.54) is 11.1 Å². The lowest BCUT2D eigenvalue weighted by molar-refractivity contribution is 0.459. The van der Waals surface area contributed by atoms with Crippen molar-refractivity contribution in [3.63, 3.8) is 0 Å². The third kappa shape index (κ3) is 5.47. The minimum Gasteiger partial charge on any atom is -0.314 e. The lowest BCUT2D eigenvalue weighted by atomic mass is 9.88. The first-order valence-electron chi connectivity index (χ1n) is 10.4. The SMILES string of the molecule is CCCN[C@H]1CCc2cc(NS(=O)(=O)c3ccc(-c4cnn(C)c4)cc3)ccc2C1.Cl. The Morgan fingerprint density at radius 1 is 1.10 bits per heavy atom. The van der Waals surface area contributed by atoms with Gasteiger partial charge in [0.05, 0.1) is 11.1 Å². The van der Waals surface area contributed by atoms with Crippen LogP contribution in [0.2, 0.25) is 0 Å². The largest absolute Gasteiger partial charge is 0.314 e. The Morgan fingerprint density at radius 3 is 2.55 bits per heavy atom. The van der Waals surface area contributed by atoms with Gasteiger partial charge in [-0.1, -0.05) is 25.1 Å². The van der Waals surface area contributed by atoms with E-state index < -0.39 is 10.0 Å². The molecule has 0 saturated carbocycles. The molecule has 1 aliphatic rings. The molecule has 2 aromatic carbocycles. The molecule has 1 aromatic heterocycles. The third-order valence-electron chi connectivity index (χ3n) is 5.57. The van der Waals surface area contributed by atoms with Crippen LogP contribution < -0.4 is 10.0 Å². The van der Waals surface area contributed by atoms with Gasteiger partial charge in [0, 0.05) is 30.5 Å². The highest BCUT2D eigenvalue weighted by molar-refractivity contribution is 7.92. The molecule has 0 fully saturated rings. The van der Waals surface area contributed by atoms with E-state index in [0.29, 0.717) is 11.7 Å². The summed E-state index contributed by atoms with van der Waals surface area (Å²) < 4.78 is 30.2. The van der Waals surface area contributed by atoms with Gasteiger partial charge in [0.15, 0.2) is 0 Å². The normalized spacial score (nSPS) is 15.7. The van der Waals surface area contributed by atoms with E-state index >= 15 is 0 Å². The minimum absolute atomic E-state index is 0. The molecule has 1 aliphatic carbocycles. The van der Waals surface area contributed by atoms with Crippen LogP contribution in [0.1, 0.15) is 30.9 Å². The van der Waals surface area contributed by atoms with Crippen molar-refractivity contribution >= 4 is 28.1 Å². The molecule has 1 heterocycles. The summed E-state index contributed by atoms with van der Waals surface area (Å²) in [5.74, 6) is 0. The van der Waals surface area contributed by atoms with Crippen LogP contribution >= 0.6 is 12.4 Å².